The van der Waals surface area contributed by atoms with E-state index < -0.39 is 11.7 Å². The Balaban J connectivity index is 2.06. The van der Waals surface area contributed by atoms with E-state index in [9.17, 15) is 9.18 Å². The van der Waals surface area contributed by atoms with Crippen molar-refractivity contribution in [2.24, 2.45) is 5.10 Å². The molecule has 0 aliphatic heterocycles. The van der Waals surface area contributed by atoms with Crippen molar-refractivity contribution in [3.8, 4) is 5.75 Å². The summed E-state index contributed by atoms with van der Waals surface area (Å²) in [5.74, 6) is -0.112. The van der Waals surface area contributed by atoms with E-state index in [4.69, 9.17) is 4.74 Å². The molecule has 6 heteroatoms. The van der Waals surface area contributed by atoms with Gasteiger partial charge in [0.1, 0.15) is 11.6 Å². The first-order valence-electron chi connectivity index (χ1n) is 7.11. The van der Waals surface area contributed by atoms with E-state index in [1.807, 2.05) is 25.1 Å². The lowest BCUT2D eigenvalue weighted by molar-refractivity contribution is 0.0955. The van der Waals surface area contributed by atoms with Crippen LogP contribution in [0.25, 0.3) is 0 Å². The number of carbonyl (C=O) groups is 1. The molecular formula is C17H16BrFN2O2. The molecule has 0 atom stereocenters. The van der Waals surface area contributed by atoms with Gasteiger partial charge in [-0.05, 0) is 48.9 Å². The van der Waals surface area contributed by atoms with Crippen molar-refractivity contribution in [2.45, 2.75) is 13.3 Å². The van der Waals surface area contributed by atoms with Gasteiger partial charge in [-0.3, -0.25) is 4.79 Å². The van der Waals surface area contributed by atoms with Gasteiger partial charge in [0.25, 0.3) is 5.91 Å². The second-order valence-electron chi connectivity index (χ2n) is 4.74. The number of hydrogen-bond donors (Lipinski definition) is 1. The van der Waals surface area contributed by atoms with Crippen LogP contribution in [-0.2, 0) is 0 Å². The summed E-state index contributed by atoms with van der Waals surface area (Å²) in [4.78, 5) is 11.9. The maximum Gasteiger partial charge on any atom is 0.271 e. The molecule has 0 aromatic heterocycles. The number of hydrogen-bond acceptors (Lipinski definition) is 3. The Bertz CT molecular complexity index is 702. The smallest absolute Gasteiger partial charge is 0.271 e. The number of nitrogens with one attached hydrogen (secondary N) is 1. The van der Waals surface area contributed by atoms with Crippen LogP contribution >= 0.6 is 15.9 Å². The van der Waals surface area contributed by atoms with Crippen molar-refractivity contribution in [1.29, 1.82) is 0 Å². The number of carbonyl (C=O) groups excluding carboxylic acids is 1. The van der Waals surface area contributed by atoms with Gasteiger partial charge in [0, 0.05) is 15.6 Å². The average molecular weight is 379 g/mol. The first kappa shape index (κ1) is 17.1. The maximum atomic E-state index is 12.8. The molecule has 0 aliphatic rings. The minimum Gasteiger partial charge on any atom is -0.493 e. The number of ether oxygens (including phenoxy) is 1. The predicted molar refractivity (Wildman–Crippen MR) is 91.4 cm³/mol. The Morgan fingerprint density at radius 2 is 2.04 bits per heavy atom. The highest BCUT2D eigenvalue weighted by Gasteiger charge is 2.05. The summed E-state index contributed by atoms with van der Waals surface area (Å²) in [6.45, 7) is 2.62. The quantitative estimate of drug-likeness (QED) is 0.606. The molecule has 2 rings (SSSR count). The second-order valence-corrected chi connectivity index (χ2v) is 5.65. The minimum atomic E-state index is -0.410. The second kappa shape index (κ2) is 8.43. The molecule has 2 aromatic rings. The number of halogens is 2. The molecule has 0 fully saturated rings. The van der Waals surface area contributed by atoms with Gasteiger partial charge in [0.15, 0.2) is 0 Å². The Hall–Kier alpha value is -2.21. The molecule has 0 saturated carbocycles. The van der Waals surface area contributed by atoms with E-state index >= 15 is 0 Å². The van der Waals surface area contributed by atoms with Crippen LogP contribution in [-0.4, -0.2) is 18.7 Å². The predicted octanol–water partition coefficient (Wildman–Crippen LogP) is 4.14. The van der Waals surface area contributed by atoms with Crippen LogP contribution in [0.3, 0.4) is 0 Å². The molecule has 0 heterocycles. The average Bonchev–Trinajstić information content (AvgIpc) is 2.54. The minimum absolute atomic E-state index is 0.334. The van der Waals surface area contributed by atoms with E-state index in [-0.39, 0.29) is 0 Å². The summed E-state index contributed by atoms with van der Waals surface area (Å²) >= 11 is 3.39. The van der Waals surface area contributed by atoms with Crippen LogP contribution in [0.15, 0.2) is 52.0 Å². The van der Waals surface area contributed by atoms with Crippen molar-refractivity contribution >= 4 is 28.1 Å². The largest absolute Gasteiger partial charge is 0.493 e. The Labute approximate surface area is 142 Å². The van der Waals surface area contributed by atoms with Crippen molar-refractivity contribution in [3.05, 3.63) is 63.9 Å². The van der Waals surface area contributed by atoms with Gasteiger partial charge in [-0.2, -0.15) is 5.10 Å². The topological polar surface area (TPSA) is 50.7 Å². The van der Waals surface area contributed by atoms with Crippen LogP contribution in [0.1, 0.15) is 29.3 Å². The monoisotopic (exact) mass is 378 g/mol. The standard InChI is InChI=1S/C17H16BrFN2O2/c1-2-9-23-16-8-5-14(18)10-13(16)11-20-21-17(22)12-3-6-15(19)7-4-12/h3-8,10-11H,2,9H2,1H3,(H,21,22)/b20-11-. The van der Waals surface area contributed by atoms with Gasteiger partial charge in [-0.25, -0.2) is 9.82 Å². The fourth-order valence-electron chi connectivity index (χ4n) is 1.79. The fraction of sp³-hybridized carbons (Fsp3) is 0.176. The number of rotatable bonds is 6. The van der Waals surface area contributed by atoms with Gasteiger partial charge >= 0.3 is 0 Å². The Kier molecular flexibility index (Phi) is 6.29. The summed E-state index contributed by atoms with van der Waals surface area (Å²) in [6, 6.07) is 10.8. The third-order valence-corrected chi connectivity index (χ3v) is 3.40. The van der Waals surface area contributed by atoms with Crippen molar-refractivity contribution in [1.82, 2.24) is 5.43 Å². The van der Waals surface area contributed by atoms with Crippen LogP contribution in [0.2, 0.25) is 0 Å². The van der Waals surface area contributed by atoms with E-state index in [1.165, 1.54) is 30.5 Å². The van der Waals surface area contributed by atoms with Crippen molar-refractivity contribution in [3.63, 3.8) is 0 Å². The lowest BCUT2D eigenvalue weighted by Gasteiger charge is -2.08. The van der Waals surface area contributed by atoms with Gasteiger partial charge in [0.05, 0.1) is 12.8 Å². The molecule has 0 bridgehead atoms. The molecular weight excluding hydrogens is 363 g/mol. The fourth-order valence-corrected chi connectivity index (χ4v) is 2.17. The van der Waals surface area contributed by atoms with E-state index in [0.29, 0.717) is 17.9 Å². The summed E-state index contributed by atoms with van der Waals surface area (Å²) in [5.41, 5.74) is 3.48. The number of hydrazone groups is 1. The highest BCUT2D eigenvalue weighted by atomic mass is 79.9. The van der Waals surface area contributed by atoms with E-state index in [0.717, 1.165) is 16.5 Å². The SMILES string of the molecule is CCCOc1ccc(Br)cc1/C=N\NC(=O)c1ccc(F)cc1. The molecule has 0 unspecified atom stereocenters. The summed E-state index contributed by atoms with van der Waals surface area (Å²) in [7, 11) is 0. The number of nitrogens with zero attached hydrogens (tertiary/aromatic N) is 1. The zero-order valence-electron chi connectivity index (χ0n) is 12.6. The molecule has 0 saturated heterocycles. The molecule has 0 spiro atoms. The number of amides is 1. The van der Waals surface area contributed by atoms with E-state index in [2.05, 4.69) is 26.5 Å². The lowest BCUT2D eigenvalue weighted by Crippen LogP contribution is -2.17. The summed E-state index contributed by atoms with van der Waals surface area (Å²) in [5, 5.41) is 3.93. The van der Waals surface area contributed by atoms with Crippen molar-refractivity contribution in [2.75, 3.05) is 6.61 Å². The lowest BCUT2D eigenvalue weighted by atomic mass is 10.2. The summed E-state index contributed by atoms with van der Waals surface area (Å²) < 4.78 is 19.3. The van der Waals surface area contributed by atoms with E-state index in [1.54, 1.807) is 0 Å². The van der Waals surface area contributed by atoms with Crippen molar-refractivity contribution < 1.29 is 13.9 Å². The number of benzene rings is 2. The molecule has 23 heavy (non-hydrogen) atoms. The van der Waals surface area contributed by atoms with Crippen LogP contribution in [0.5, 0.6) is 5.75 Å². The van der Waals surface area contributed by atoms with Crippen LogP contribution < -0.4 is 10.2 Å². The molecule has 2 aromatic carbocycles. The van der Waals surface area contributed by atoms with Gasteiger partial charge < -0.3 is 4.74 Å². The first-order valence-corrected chi connectivity index (χ1v) is 7.90. The molecule has 0 radical (unpaired) electrons. The third kappa shape index (κ3) is 5.17. The van der Waals surface area contributed by atoms with Crippen LogP contribution in [0, 0.1) is 5.82 Å². The highest BCUT2D eigenvalue weighted by molar-refractivity contribution is 9.10. The maximum absolute atomic E-state index is 12.8. The zero-order valence-corrected chi connectivity index (χ0v) is 14.1. The Morgan fingerprint density at radius 3 is 2.74 bits per heavy atom. The molecule has 1 amide bonds. The first-order chi connectivity index (χ1) is 11.1. The van der Waals surface area contributed by atoms with Gasteiger partial charge in [-0.1, -0.05) is 22.9 Å². The Morgan fingerprint density at radius 1 is 1.30 bits per heavy atom. The molecule has 0 aliphatic carbocycles. The molecule has 120 valence electrons. The zero-order chi connectivity index (χ0) is 16.7. The van der Waals surface area contributed by atoms with Crippen LogP contribution in [0.4, 0.5) is 4.39 Å². The normalized spacial score (nSPS) is 10.7. The highest BCUT2D eigenvalue weighted by Crippen LogP contribution is 2.22. The molecule has 1 N–H and O–H groups in total. The third-order valence-electron chi connectivity index (χ3n) is 2.91. The summed E-state index contributed by atoms with van der Waals surface area (Å²) in [6.07, 6.45) is 2.41. The van der Waals surface area contributed by atoms with Gasteiger partial charge in [0.2, 0.25) is 0 Å². The van der Waals surface area contributed by atoms with Gasteiger partial charge in [-0.15, -0.1) is 0 Å². The molecule has 4 nitrogen and oxygen atoms in total.